The summed E-state index contributed by atoms with van der Waals surface area (Å²) in [5, 5.41) is 4.06. The Labute approximate surface area is 101 Å². The molecule has 2 aromatic rings. The Morgan fingerprint density at radius 2 is 2.19 bits per heavy atom. The fourth-order valence-corrected chi connectivity index (χ4v) is 1.82. The van der Waals surface area contributed by atoms with Gasteiger partial charge in [0.2, 0.25) is 5.78 Å². The van der Waals surface area contributed by atoms with Gasteiger partial charge in [-0.3, -0.25) is 9.48 Å². The Balaban J connectivity index is 2.45. The van der Waals surface area contributed by atoms with Crippen LogP contribution in [0.1, 0.15) is 16.1 Å². The first-order chi connectivity index (χ1) is 7.58. The third-order valence-electron chi connectivity index (χ3n) is 2.18. The molecular weight excluding hydrogens is 270 g/mol. The summed E-state index contributed by atoms with van der Waals surface area (Å²) >= 11 is 3.32. The van der Waals surface area contributed by atoms with Gasteiger partial charge in [0.15, 0.2) is 0 Å². The van der Waals surface area contributed by atoms with Crippen LogP contribution in [0.15, 0.2) is 34.9 Å². The molecule has 0 saturated carbocycles. The molecule has 0 saturated heterocycles. The van der Waals surface area contributed by atoms with Crippen LogP contribution in [0.2, 0.25) is 0 Å². The van der Waals surface area contributed by atoms with Crippen molar-refractivity contribution in [2.45, 2.75) is 0 Å². The fraction of sp³-hybridized carbons (Fsp3) is 0.0909. The van der Waals surface area contributed by atoms with Crippen LogP contribution in [0.25, 0.3) is 0 Å². The lowest BCUT2D eigenvalue weighted by Crippen LogP contribution is -2.05. The minimum Gasteiger partial charge on any atom is -0.399 e. The van der Waals surface area contributed by atoms with E-state index in [1.54, 1.807) is 42.2 Å². The van der Waals surface area contributed by atoms with Gasteiger partial charge in [-0.15, -0.1) is 0 Å². The van der Waals surface area contributed by atoms with Crippen LogP contribution < -0.4 is 5.73 Å². The van der Waals surface area contributed by atoms with Crippen LogP contribution in [-0.4, -0.2) is 15.6 Å². The zero-order valence-electron chi connectivity index (χ0n) is 8.64. The van der Waals surface area contributed by atoms with E-state index in [-0.39, 0.29) is 5.78 Å². The van der Waals surface area contributed by atoms with E-state index in [1.165, 1.54) is 0 Å². The second-order valence-electron chi connectivity index (χ2n) is 3.44. The number of benzene rings is 1. The maximum absolute atomic E-state index is 12.1. The number of anilines is 1. The minimum absolute atomic E-state index is 0.139. The molecule has 16 heavy (non-hydrogen) atoms. The van der Waals surface area contributed by atoms with Crippen molar-refractivity contribution in [2.24, 2.45) is 7.05 Å². The molecule has 0 amide bonds. The van der Waals surface area contributed by atoms with Crippen LogP contribution in [0.3, 0.4) is 0 Å². The van der Waals surface area contributed by atoms with Gasteiger partial charge >= 0.3 is 0 Å². The quantitative estimate of drug-likeness (QED) is 0.676. The summed E-state index contributed by atoms with van der Waals surface area (Å²) in [6.45, 7) is 0. The number of carbonyl (C=O) groups excluding carboxylic acids is 1. The Morgan fingerprint density at radius 3 is 2.81 bits per heavy atom. The van der Waals surface area contributed by atoms with Crippen molar-refractivity contribution in [1.29, 1.82) is 0 Å². The highest BCUT2D eigenvalue weighted by molar-refractivity contribution is 9.10. The van der Waals surface area contributed by atoms with Crippen LogP contribution in [-0.2, 0) is 7.05 Å². The first kappa shape index (κ1) is 10.9. The summed E-state index contributed by atoms with van der Waals surface area (Å²) in [4.78, 5) is 12.1. The Hall–Kier alpha value is -1.62. The average molecular weight is 280 g/mol. The highest BCUT2D eigenvalue weighted by Crippen LogP contribution is 2.21. The monoisotopic (exact) mass is 279 g/mol. The summed E-state index contributed by atoms with van der Waals surface area (Å²) in [6.07, 6.45) is 1.73. The summed E-state index contributed by atoms with van der Waals surface area (Å²) in [5.74, 6) is -0.139. The third-order valence-corrected chi connectivity index (χ3v) is 2.87. The van der Waals surface area contributed by atoms with Crippen LogP contribution >= 0.6 is 15.9 Å². The van der Waals surface area contributed by atoms with Gasteiger partial charge in [0.05, 0.1) is 0 Å². The topological polar surface area (TPSA) is 60.9 Å². The summed E-state index contributed by atoms with van der Waals surface area (Å²) in [7, 11) is 1.77. The average Bonchev–Trinajstić information content (AvgIpc) is 2.67. The molecule has 1 aromatic heterocycles. The molecule has 4 nitrogen and oxygen atoms in total. The minimum atomic E-state index is -0.139. The highest BCUT2D eigenvalue weighted by atomic mass is 79.9. The molecule has 5 heteroatoms. The van der Waals surface area contributed by atoms with Crippen LogP contribution in [0, 0.1) is 0 Å². The predicted octanol–water partition coefficient (Wildman–Crippen LogP) is 2.00. The van der Waals surface area contributed by atoms with Crippen molar-refractivity contribution in [3.8, 4) is 0 Å². The molecule has 1 heterocycles. The third kappa shape index (κ3) is 1.99. The van der Waals surface area contributed by atoms with E-state index < -0.39 is 0 Å². The fourth-order valence-electron chi connectivity index (χ4n) is 1.39. The molecular formula is C11H10BrN3O. The summed E-state index contributed by atoms with van der Waals surface area (Å²) in [6, 6.07) is 6.81. The Bertz CT molecular complexity index is 548. The van der Waals surface area contributed by atoms with E-state index in [9.17, 15) is 4.79 Å². The van der Waals surface area contributed by atoms with E-state index in [4.69, 9.17) is 5.73 Å². The summed E-state index contributed by atoms with van der Waals surface area (Å²) in [5.41, 5.74) is 7.15. The molecule has 0 aliphatic rings. The van der Waals surface area contributed by atoms with Gasteiger partial charge in [-0.2, -0.15) is 5.10 Å². The molecule has 0 unspecified atom stereocenters. The number of halogens is 1. The number of nitrogen functional groups attached to an aromatic ring is 1. The molecule has 0 aliphatic heterocycles. The Morgan fingerprint density at radius 1 is 1.44 bits per heavy atom. The van der Waals surface area contributed by atoms with Crippen molar-refractivity contribution in [3.63, 3.8) is 0 Å². The van der Waals surface area contributed by atoms with Crippen LogP contribution in [0.4, 0.5) is 5.69 Å². The number of hydrogen-bond donors (Lipinski definition) is 1. The Kier molecular flexibility index (Phi) is 2.78. The van der Waals surface area contributed by atoms with Gasteiger partial charge in [-0.25, -0.2) is 0 Å². The summed E-state index contributed by atoms with van der Waals surface area (Å²) < 4.78 is 2.31. The van der Waals surface area contributed by atoms with Crippen molar-refractivity contribution in [3.05, 3.63) is 46.2 Å². The largest absolute Gasteiger partial charge is 0.399 e. The molecule has 0 fully saturated rings. The highest BCUT2D eigenvalue weighted by Gasteiger charge is 2.15. The molecule has 0 bridgehead atoms. The number of aryl methyl sites for hydroxylation is 1. The van der Waals surface area contributed by atoms with Crippen molar-refractivity contribution in [1.82, 2.24) is 9.78 Å². The lowest BCUT2D eigenvalue weighted by atomic mass is 10.1. The lowest BCUT2D eigenvalue weighted by molar-refractivity contribution is 0.103. The van der Waals surface area contributed by atoms with E-state index >= 15 is 0 Å². The zero-order valence-corrected chi connectivity index (χ0v) is 10.2. The lowest BCUT2D eigenvalue weighted by Gasteiger charge is -2.02. The number of rotatable bonds is 2. The van der Waals surface area contributed by atoms with Crippen molar-refractivity contribution in [2.75, 3.05) is 5.73 Å². The number of nitrogens with zero attached hydrogens (tertiary/aromatic N) is 2. The molecule has 2 N–H and O–H groups in total. The smallest absolute Gasteiger partial charge is 0.214 e. The van der Waals surface area contributed by atoms with E-state index in [0.29, 0.717) is 16.9 Å². The van der Waals surface area contributed by atoms with Crippen LogP contribution in [0.5, 0.6) is 0 Å². The molecule has 0 aliphatic carbocycles. The first-order valence-corrected chi connectivity index (χ1v) is 5.46. The van der Waals surface area contributed by atoms with Gasteiger partial charge in [0, 0.05) is 29.0 Å². The predicted molar refractivity (Wildman–Crippen MR) is 65.2 cm³/mol. The van der Waals surface area contributed by atoms with Gasteiger partial charge in [0.25, 0.3) is 0 Å². The van der Waals surface area contributed by atoms with E-state index in [0.717, 1.165) is 4.47 Å². The van der Waals surface area contributed by atoms with Gasteiger partial charge in [-0.1, -0.05) is 15.9 Å². The normalized spacial score (nSPS) is 10.4. The number of nitrogens with two attached hydrogens (primary N) is 1. The maximum Gasteiger partial charge on any atom is 0.214 e. The van der Waals surface area contributed by atoms with Crippen molar-refractivity contribution >= 4 is 27.4 Å². The molecule has 0 radical (unpaired) electrons. The number of aromatic nitrogens is 2. The van der Waals surface area contributed by atoms with Gasteiger partial charge in [0.1, 0.15) is 5.69 Å². The standard InChI is InChI=1S/C11H10BrN3O/c1-15-5-4-10(14-15)11(16)8-6-7(13)2-3-9(8)12/h2-6H,13H2,1H3. The van der Waals surface area contributed by atoms with Crippen molar-refractivity contribution < 1.29 is 4.79 Å². The second kappa shape index (κ2) is 4.09. The zero-order chi connectivity index (χ0) is 11.7. The molecule has 0 atom stereocenters. The number of carbonyl (C=O) groups is 1. The maximum atomic E-state index is 12.1. The SMILES string of the molecule is Cn1ccc(C(=O)c2cc(N)ccc2Br)n1. The van der Waals surface area contributed by atoms with E-state index in [2.05, 4.69) is 21.0 Å². The first-order valence-electron chi connectivity index (χ1n) is 4.67. The second-order valence-corrected chi connectivity index (χ2v) is 4.30. The van der Waals surface area contributed by atoms with Gasteiger partial charge in [-0.05, 0) is 24.3 Å². The molecule has 2 rings (SSSR count). The number of hydrogen-bond acceptors (Lipinski definition) is 3. The number of ketones is 1. The molecule has 1 aromatic carbocycles. The molecule has 0 spiro atoms. The molecule has 82 valence electrons. The van der Waals surface area contributed by atoms with E-state index in [1.807, 2.05) is 0 Å². The van der Waals surface area contributed by atoms with Gasteiger partial charge < -0.3 is 5.73 Å².